The van der Waals surface area contributed by atoms with Crippen LogP contribution in [0.2, 0.25) is 0 Å². The van der Waals surface area contributed by atoms with Gasteiger partial charge >= 0.3 is 6.16 Å². The van der Waals surface area contributed by atoms with Crippen molar-refractivity contribution in [3.05, 3.63) is 0 Å². The van der Waals surface area contributed by atoms with E-state index in [9.17, 15) is 4.79 Å². The number of ether oxygens (including phenoxy) is 6. The van der Waals surface area contributed by atoms with Crippen LogP contribution in [0.3, 0.4) is 0 Å². The number of hydrogen-bond donors (Lipinski definition) is 0. The third-order valence-corrected chi connectivity index (χ3v) is 1.97. The molecule has 0 bridgehead atoms. The maximum Gasteiger partial charge on any atom is 0.509 e. The van der Waals surface area contributed by atoms with Crippen molar-refractivity contribution in [2.45, 2.75) is 12.5 Å². The van der Waals surface area contributed by atoms with Gasteiger partial charge in [-0.25, -0.2) is 4.79 Å². The normalized spacial score (nSPS) is 12.2. The Morgan fingerprint density at radius 3 is 1.80 bits per heavy atom. The number of methoxy groups -OCH3 is 1. The van der Waals surface area contributed by atoms with E-state index in [-0.39, 0.29) is 13.2 Å². The Hall–Kier alpha value is -0.600. The van der Waals surface area contributed by atoms with Crippen LogP contribution in [0.25, 0.3) is 0 Å². The van der Waals surface area contributed by atoms with Gasteiger partial charge in [-0.15, -0.1) is 0 Å². The predicted molar refractivity (Wildman–Crippen MR) is 72.1 cm³/mol. The standard InChI is InChI=1S/C12H23ClO7/c1-11(13)20-12(14)19-10-9-18-8-7-17-6-5-16-4-3-15-2/h11H,3-10H2,1-2H3. The van der Waals surface area contributed by atoms with Crippen molar-refractivity contribution in [2.24, 2.45) is 0 Å². The van der Waals surface area contributed by atoms with E-state index in [4.69, 9.17) is 35.3 Å². The first kappa shape index (κ1) is 19.4. The summed E-state index contributed by atoms with van der Waals surface area (Å²) in [4.78, 5) is 10.9. The van der Waals surface area contributed by atoms with Gasteiger partial charge in [0.05, 0.1) is 46.2 Å². The van der Waals surface area contributed by atoms with Crippen LogP contribution in [-0.2, 0) is 28.4 Å². The highest BCUT2D eigenvalue weighted by Crippen LogP contribution is 1.98. The second-order valence-corrected chi connectivity index (χ2v) is 4.20. The van der Waals surface area contributed by atoms with Crippen molar-refractivity contribution in [1.82, 2.24) is 0 Å². The quantitative estimate of drug-likeness (QED) is 0.289. The Bertz CT molecular complexity index is 226. The molecule has 0 aromatic heterocycles. The van der Waals surface area contributed by atoms with E-state index >= 15 is 0 Å². The highest BCUT2D eigenvalue weighted by molar-refractivity contribution is 6.19. The topological polar surface area (TPSA) is 72.5 Å². The summed E-state index contributed by atoms with van der Waals surface area (Å²) in [5.74, 6) is 0. The molecule has 0 saturated carbocycles. The molecule has 0 fully saturated rings. The van der Waals surface area contributed by atoms with Crippen molar-refractivity contribution < 1.29 is 33.2 Å². The van der Waals surface area contributed by atoms with Crippen molar-refractivity contribution in [2.75, 3.05) is 60.0 Å². The zero-order valence-electron chi connectivity index (χ0n) is 12.0. The Morgan fingerprint density at radius 1 is 0.900 bits per heavy atom. The summed E-state index contributed by atoms with van der Waals surface area (Å²) < 4.78 is 29.7. The predicted octanol–water partition coefficient (Wildman–Crippen LogP) is 1.42. The van der Waals surface area contributed by atoms with Crippen molar-refractivity contribution in [3.63, 3.8) is 0 Å². The highest BCUT2D eigenvalue weighted by atomic mass is 35.5. The van der Waals surface area contributed by atoms with E-state index in [1.54, 1.807) is 7.11 Å². The van der Waals surface area contributed by atoms with Crippen LogP contribution in [0.5, 0.6) is 0 Å². The van der Waals surface area contributed by atoms with Crippen LogP contribution in [0.1, 0.15) is 6.92 Å². The number of hydrogen-bond acceptors (Lipinski definition) is 7. The smallest absolute Gasteiger partial charge is 0.432 e. The van der Waals surface area contributed by atoms with E-state index in [1.165, 1.54) is 6.92 Å². The van der Waals surface area contributed by atoms with E-state index < -0.39 is 11.7 Å². The molecule has 0 aromatic carbocycles. The fourth-order valence-electron chi connectivity index (χ4n) is 1.03. The van der Waals surface area contributed by atoms with Gasteiger partial charge in [0.2, 0.25) is 0 Å². The first-order valence-electron chi connectivity index (χ1n) is 6.36. The molecular formula is C12H23ClO7. The lowest BCUT2D eigenvalue weighted by Gasteiger charge is -2.08. The minimum atomic E-state index is -0.805. The Kier molecular flexibility index (Phi) is 14.4. The summed E-state index contributed by atoms with van der Waals surface area (Å²) in [5.41, 5.74) is -0.706. The number of rotatable bonds is 13. The summed E-state index contributed by atoms with van der Waals surface area (Å²) in [5, 5.41) is 0. The first-order valence-corrected chi connectivity index (χ1v) is 6.80. The van der Waals surface area contributed by atoms with E-state index in [1.807, 2.05) is 0 Å². The molecular weight excluding hydrogens is 292 g/mol. The minimum absolute atomic E-state index is 0.114. The van der Waals surface area contributed by atoms with Crippen LogP contribution in [0.4, 0.5) is 4.79 Å². The van der Waals surface area contributed by atoms with Crippen LogP contribution in [0, 0.1) is 0 Å². The molecule has 0 amide bonds. The van der Waals surface area contributed by atoms with Gasteiger partial charge in [0.15, 0.2) is 5.56 Å². The summed E-state index contributed by atoms with van der Waals surface area (Å²) in [6.45, 7) is 4.95. The van der Waals surface area contributed by atoms with Crippen molar-refractivity contribution >= 4 is 17.8 Å². The van der Waals surface area contributed by atoms with Gasteiger partial charge in [0.1, 0.15) is 6.61 Å². The lowest BCUT2D eigenvalue weighted by atomic mass is 10.7. The zero-order valence-corrected chi connectivity index (χ0v) is 12.7. The van der Waals surface area contributed by atoms with Gasteiger partial charge in [0, 0.05) is 7.11 Å². The van der Waals surface area contributed by atoms with Crippen LogP contribution in [0.15, 0.2) is 0 Å². The average Bonchev–Trinajstić information content (AvgIpc) is 2.39. The molecule has 0 aromatic rings. The van der Waals surface area contributed by atoms with Gasteiger partial charge in [0.25, 0.3) is 0 Å². The van der Waals surface area contributed by atoms with Crippen molar-refractivity contribution in [3.8, 4) is 0 Å². The Balaban J connectivity index is 3.08. The zero-order chi connectivity index (χ0) is 15.1. The molecule has 8 heteroatoms. The van der Waals surface area contributed by atoms with Crippen LogP contribution < -0.4 is 0 Å². The largest absolute Gasteiger partial charge is 0.509 e. The SMILES string of the molecule is COCCOCCOCCOCCOC(=O)OC(C)Cl. The van der Waals surface area contributed by atoms with E-state index in [0.29, 0.717) is 39.6 Å². The molecule has 20 heavy (non-hydrogen) atoms. The molecule has 0 heterocycles. The number of alkyl halides is 1. The Morgan fingerprint density at radius 2 is 1.35 bits per heavy atom. The summed E-state index contributed by atoms with van der Waals surface area (Å²) >= 11 is 5.44. The molecule has 0 saturated heterocycles. The van der Waals surface area contributed by atoms with Gasteiger partial charge in [-0.2, -0.15) is 0 Å². The molecule has 120 valence electrons. The van der Waals surface area contributed by atoms with Gasteiger partial charge in [-0.3, -0.25) is 0 Å². The molecule has 1 unspecified atom stereocenters. The molecule has 0 aliphatic rings. The molecule has 0 radical (unpaired) electrons. The summed E-state index contributed by atoms with van der Waals surface area (Å²) in [6.07, 6.45) is -0.805. The number of carbonyl (C=O) groups excluding carboxylic acids is 1. The third-order valence-electron chi connectivity index (χ3n) is 1.88. The molecule has 0 spiro atoms. The van der Waals surface area contributed by atoms with E-state index in [0.717, 1.165) is 0 Å². The maximum atomic E-state index is 10.9. The Labute approximate surface area is 124 Å². The van der Waals surface area contributed by atoms with Gasteiger partial charge < -0.3 is 28.4 Å². The average molecular weight is 315 g/mol. The van der Waals surface area contributed by atoms with E-state index in [2.05, 4.69) is 4.74 Å². The third kappa shape index (κ3) is 15.5. The molecule has 0 aliphatic carbocycles. The van der Waals surface area contributed by atoms with Crippen LogP contribution >= 0.6 is 11.6 Å². The summed E-state index contributed by atoms with van der Waals surface area (Å²) in [6, 6.07) is 0. The molecule has 7 nitrogen and oxygen atoms in total. The van der Waals surface area contributed by atoms with Crippen molar-refractivity contribution in [1.29, 1.82) is 0 Å². The summed E-state index contributed by atoms with van der Waals surface area (Å²) in [7, 11) is 1.62. The van der Waals surface area contributed by atoms with Gasteiger partial charge in [-0.1, -0.05) is 11.6 Å². The fourth-order valence-corrected chi connectivity index (χ4v) is 1.11. The lowest BCUT2D eigenvalue weighted by Crippen LogP contribution is -2.16. The molecule has 1 atom stereocenters. The van der Waals surface area contributed by atoms with Crippen LogP contribution in [-0.4, -0.2) is 71.7 Å². The number of halogens is 1. The highest BCUT2D eigenvalue weighted by Gasteiger charge is 2.06. The second kappa shape index (κ2) is 14.8. The monoisotopic (exact) mass is 314 g/mol. The maximum absolute atomic E-state index is 10.9. The molecule has 0 aliphatic heterocycles. The molecule has 0 N–H and O–H groups in total. The minimum Gasteiger partial charge on any atom is -0.432 e. The fraction of sp³-hybridized carbons (Fsp3) is 0.917. The number of carbonyl (C=O) groups is 1. The molecule has 0 rings (SSSR count). The lowest BCUT2D eigenvalue weighted by molar-refractivity contribution is -0.00914. The van der Waals surface area contributed by atoms with Gasteiger partial charge in [-0.05, 0) is 6.92 Å². The first-order chi connectivity index (χ1) is 9.66. The second-order valence-electron chi connectivity index (χ2n) is 3.59.